The van der Waals surface area contributed by atoms with Crippen molar-refractivity contribution in [1.29, 1.82) is 0 Å². The predicted octanol–water partition coefficient (Wildman–Crippen LogP) is 3.64. The molecule has 1 unspecified atom stereocenters. The van der Waals surface area contributed by atoms with Gasteiger partial charge < -0.3 is 15.2 Å². The number of halogens is 1. The Kier molecular flexibility index (Phi) is 6.05. The van der Waals surface area contributed by atoms with Gasteiger partial charge in [-0.15, -0.1) is 0 Å². The molecule has 0 aromatic heterocycles. The van der Waals surface area contributed by atoms with Crippen LogP contribution in [0.25, 0.3) is 0 Å². The Hall–Kier alpha value is -1.55. The van der Waals surface area contributed by atoms with Gasteiger partial charge in [0.2, 0.25) is 0 Å². The Morgan fingerprint density at radius 1 is 1.19 bits per heavy atom. The molecule has 0 bridgehead atoms. The summed E-state index contributed by atoms with van der Waals surface area (Å²) in [5.41, 5.74) is 3.11. The van der Waals surface area contributed by atoms with E-state index in [0.717, 1.165) is 11.3 Å². The zero-order valence-electron chi connectivity index (χ0n) is 12.1. The van der Waals surface area contributed by atoms with E-state index in [2.05, 4.69) is 5.32 Å². The van der Waals surface area contributed by atoms with Crippen LogP contribution in [0, 0.1) is 6.92 Å². The molecule has 0 aliphatic heterocycles. The average Bonchev–Trinajstić information content (AvgIpc) is 2.47. The van der Waals surface area contributed by atoms with E-state index in [0.29, 0.717) is 18.2 Å². The van der Waals surface area contributed by atoms with E-state index >= 15 is 0 Å². The van der Waals surface area contributed by atoms with Crippen molar-refractivity contribution in [3.05, 3.63) is 64.7 Å². The van der Waals surface area contributed by atoms with Crippen LogP contribution in [0.2, 0.25) is 5.02 Å². The summed E-state index contributed by atoms with van der Waals surface area (Å²) >= 11 is 6.04. The first-order valence-electron chi connectivity index (χ1n) is 6.95. The van der Waals surface area contributed by atoms with Crippen molar-refractivity contribution in [2.75, 3.05) is 18.5 Å². The molecule has 0 aliphatic rings. The Labute approximate surface area is 130 Å². The minimum atomic E-state index is -0.562. The number of aliphatic hydroxyl groups is 1. The summed E-state index contributed by atoms with van der Waals surface area (Å²) in [6.07, 6.45) is -0.562. The third kappa shape index (κ3) is 5.38. The summed E-state index contributed by atoms with van der Waals surface area (Å²) in [6.45, 7) is 3.16. The van der Waals surface area contributed by atoms with Gasteiger partial charge in [-0.05, 0) is 36.2 Å². The number of hydrogen-bond donors (Lipinski definition) is 2. The molecule has 2 aromatic rings. The maximum atomic E-state index is 9.91. The highest BCUT2D eigenvalue weighted by Crippen LogP contribution is 2.15. The third-order valence-corrected chi connectivity index (χ3v) is 3.45. The van der Waals surface area contributed by atoms with E-state index in [1.54, 1.807) is 0 Å². The van der Waals surface area contributed by atoms with Crippen LogP contribution < -0.4 is 5.32 Å². The van der Waals surface area contributed by atoms with E-state index in [9.17, 15) is 5.11 Å². The molecule has 2 rings (SSSR count). The molecule has 2 N–H and O–H groups in total. The van der Waals surface area contributed by atoms with Crippen LogP contribution in [0.1, 0.15) is 11.1 Å². The molecule has 2 aromatic carbocycles. The van der Waals surface area contributed by atoms with Gasteiger partial charge in [0.05, 0.1) is 19.3 Å². The molecule has 0 spiro atoms. The van der Waals surface area contributed by atoms with Gasteiger partial charge in [-0.1, -0.05) is 41.9 Å². The SMILES string of the molecule is Cc1cccc(NCC(O)COCc2ccccc2Cl)c1. The van der Waals surface area contributed by atoms with Crippen molar-refractivity contribution in [2.24, 2.45) is 0 Å². The molecule has 0 radical (unpaired) electrons. The van der Waals surface area contributed by atoms with Gasteiger partial charge >= 0.3 is 0 Å². The van der Waals surface area contributed by atoms with Gasteiger partial charge in [-0.3, -0.25) is 0 Å². The molecule has 0 saturated heterocycles. The number of ether oxygens (including phenoxy) is 1. The van der Waals surface area contributed by atoms with Crippen molar-refractivity contribution in [1.82, 2.24) is 0 Å². The molecular formula is C17H20ClNO2. The fourth-order valence-corrected chi connectivity index (χ4v) is 2.16. The second-order valence-corrected chi connectivity index (χ2v) is 5.42. The molecule has 21 heavy (non-hydrogen) atoms. The monoisotopic (exact) mass is 305 g/mol. The van der Waals surface area contributed by atoms with Crippen LogP contribution >= 0.6 is 11.6 Å². The zero-order chi connectivity index (χ0) is 15.1. The number of aliphatic hydroxyl groups excluding tert-OH is 1. The highest BCUT2D eigenvalue weighted by Gasteiger charge is 2.05. The lowest BCUT2D eigenvalue weighted by Crippen LogP contribution is -2.24. The molecule has 0 saturated carbocycles. The second kappa shape index (κ2) is 8.03. The molecule has 0 heterocycles. The minimum absolute atomic E-state index is 0.268. The molecule has 3 nitrogen and oxygen atoms in total. The van der Waals surface area contributed by atoms with Crippen LogP contribution in [0.5, 0.6) is 0 Å². The zero-order valence-corrected chi connectivity index (χ0v) is 12.8. The summed E-state index contributed by atoms with van der Waals surface area (Å²) in [4.78, 5) is 0. The smallest absolute Gasteiger partial charge is 0.0945 e. The van der Waals surface area contributed by atoms with Gasteiger partial charge in [0.15, 0.2) is 0 Å². The predicted molar refractivity (Wildman–Crippen MR) is 86.8 cm³/mol. The summed E-state index contributed by atoms with van der Waals surface area (Å²) in [5.74, 6) is 0. The molecule has 4 heteroatoms. The van der Waals surface area contributed by atoms with Crippen LogP contribution in [-0.2, 0) is 11.3 Å². The first-order chi connectivity index (χ1) is 10.1. The second-order valence-electron chi connectivity index (χ2n) is 5.01. The first kappa shape index (κ1) is 15.8. The van der Waals surface area contributed by atoms with Crippen molar-refractivity contribution >= 4 is 17.3 Å². The molecule has 112 valence electrons. The highest BCUT2D eigenvalue weighted by molar-refractivity contribution is 6.31. The van der Waals surface area contributed by atoms with Crippen molar-refractivity contribution in [3.63, 3.8) is 0 Å². The van der Waals surface area contributed by atoms with Gasteiger partial charge in [-0.25, -0.2) is 0 Å². The van der Waals surface area contributed by atoms with Crippen LogP contribution in [0.15, 0.2) is 48.5 Å². The summed E-state index contributed by atoms with van der Waals surface area (Å²) in [7, 11) is 0. The Morgan fingerprint density at radius 3 is 2.76 bits per heavy atom. The molecule has 0 amide bonds. The normalized spacial score (nSPS) is 12.1. The first-order valence-corrected chi connectivity index (χ1v) is 7.32. The lowest BCUT2D eigenvalue weighted by molar-refractivity contribution is 0.0348. The van der Waals surface area contributed by atoms with Crippen LogP contribution in [0.4, 0.5) is 5.69 Å². The Balaban J connectivity index is 1.70. The molecule has 1 atom stereocenters. The van der Waals surface area contributed by atoms with Crippen molar-refractivity contribution in [3.8, 4) is 0 Å². The van der Waals surface area contributed by atoms with Crippen LogP contribution in [0.3, 0.4) is 0 Å². The largest absolute Gasteiger partial charge is 0.389 e. The van der Waals surface area contributed by atoms with E-state index in [1.165, 1.54) is 5.56 Å². The maximum Gasteiger partial charge on any atom is 0.0945 e. The van der Waals surface area contributed by atoms with Gasteiger partial charge in [0.25, 0.3) is 0 Å². The number of rotatable bonds is 7. The quantitative estimate of drug-likeness (QED) is 0.820. The number of hydrogen-bond acceptors (Lipinski definition) is 3. The molecular weight excluding hydrogens is 286 g/mol. The van der Waals surface area contributed by atoms with E-state index in [-0.39, 0.29) is 6.61 Å². The molecule has 0 aliphatic carbocycles. The lowest BCUT2D eigenvalue weighted by atomic mass is 10.2. The average molecular weight is 306 g/mol. The number of anilines is 1. The summed E-state index contributed by atoms with van der Waals surface area (Å²) < 4.78 is 5.50. The van der Waals surface area contributed by atoms with Crippen molar-refractivity contribution < 1.29 is 9.84 Å². The summed E-state index contributed by atoms with van der Waals surface area (Å²) in [5, 5.41) is 13.8. The van der Waals surface area contributed by atoms with Gasteiger partial charge in [-0.2, -0.15) is 0 Å². The fraction of sp³-hybridized carbons (Fsp3) is 0.294. The van der Waals surface area contributed by atoms with E-state index in [4.69, 9.17) is 16.3 Å². The molecule has 0 fully saturated rings. The van der Waals surface area contributed by atoms with Crippen LogP contribution in [-0.4, -0.2) is 24.4 Å². The van der Waals surface area contributed by atoms with Crippen molar-refractivity contribution in [2.45, 2.75) is 19.6 Å². The summed E-state index contributed by atoms with van der Waals surface area (Å²) in [6, 6.07) is 15.6. The standard InChI is InChI=1S/C17H20ClNO2/c1-13-5-4-7-15(9-13)19-10-16(20)12-21-11-14-6-2-3-8-17(14)18/h2-9,16,19-20H,10-12H2,1H3. The third-order valence-electron chi connectivity index (χ3n) is 3.09. The minimum Gasteiger partial charge on any atom is -0.389 e. The van der Waals surface area contributed by atoms with E-state index in [1.807, 2.05) is 55.5 Å². The Bertz CT molecular complexity index is 574. The fourth-order valence-electron chi connectivity index (χ4n) is 1.97. The Morgan fingerprint density at radius 2 is 2.00 bits per heavy atom. The highest BCUT2D eigenvalue weighted by atomic mass is 35.5. The number of aryl methyl sites for hydroxylation is 1. The van der Waals surface area contributed by atoms with Gasteiger partial charge in [0, 0.05) is 17.3 Å². The number of nitrogens with one attached hydrogen (secondary N) is 1. The van der Waals surface area contributed by atoms with E-state index < -0.39 is 6.10 Å². The maximum absolute atomic E-state index is 9.91. The van der Waals surface area contributed by atoms with Gasteiger partial charge in [0.1, 0.15) is 0 Å². The topological polar surface area (TPSA) is 41.5 Å². The number of benzene rings is 2. The lowest BCUT2D eigenvalue weighted by Gasteiger charge is -2.14.